The predicted octanol–water partition coefficient (Wildman–Crippen LogP) is 5.91. The fourth-order valence-electron chi connectivity index (χ4n) is 3.08. The summed E-state index contributed by atoms with van der Waals surface area (Å²) in [6, 6.07) is 3.56. The Hall–Kier alpha value is -1.47. The van der Waals surface area contributed by atoms with Gasteiger partial charge in [-0.3, -0.25) is 5.32 Å². The molecule has 8 heteroatoms. The number of halogens is 2. The number of ether oxygens (including phenoxy) is 3. The minimum atomic E-state index is -0.596. The van der Waals surface area contributed by atoms with Crippen molar-refractivity contribution in [1.82, 2.24) is 4.98 Å². The quantitative estimate of drug-likeness (QED) is 0.620. The highest BCUT2D eigenvalue weighted by molar-refractivity contribution is 6.45. The van der Waals surface area contributed by atoms with Crippen LogP contribution in [0.3, 0.4) is 0 Å². The number of carbonyl (C=O) groups excluding carboxylic acids is 1. The average molecular weight is 429 g/mol. The van der Waals surface area contributed by atoms with Gasteiger partial charge in [-0.2, -0.15) is 0 Å². The molecular weight excluding hydrogens is 403 g/mol. The van der Waals surface area contributed by atoms with E-state index in [9.17, 15) is 4.79 Å². The predicted molar refractivity (Wildman–Crippen MR) is 111 cm³/mol. The zero-order valence-corrected chi connectivity index (χ0v) is 17.9. The highest BCUT2D eigenvalue weighted by atomic mass is 35.5. The van der Waals surface area contributed by atoms with Crippen molar-refractivity contribution < 1.29 is 19.0 Å². The number of aromatic nitrogens is 1. The molecule has 2 heterocycles. The van der Waals surface area contributed by atoms with Crippen LogP contribution in [0.15, 0.2) is 12.1 Å². The van der Waals surface area contributed by atoms with E-state index in [0.717, 1.165) is 36.9 Å². The van der Waals surface area contributed by atoms with Crippen molar-refractivity contribution >= 4 is 45.9 Å². The number of hydrogen-bond acceptors (Lipinski definition) is 4. The normalized spacial score (nSPS) is 17.7. The van der Waals surface area contributed by atoms with Crippen LogP contribution < -0.4 is 5.32 Å². The van der Waals surface area contributed by atoms with Crippen molar-refractivity contribution in [3.63, 3.8) is 0 Å². The van der Waals surface area contributed by atoms with Gasteiger partial charge in [-0.1, -0.05) is 23.2 Å². The van der Waals surface area contributed by atoms with Crippen molar-refractivity contribution in [1.29, 1.82) is 0 Å². The Morgan fingerprint density at radius 1 is 1.32 bits per heavy atom. The first-order valence-electron chi connectivity index (χ1n) is 9.46. The zero-order chi connectivity index (χ0) is 20.3. The fraction of sp³-hybridized carbons (Fsp3) is 0.550. The Morgan fingerprint density at radius 3 is 2.79 bits per heavy atom. The highest BCUT2D eigenvalue weighted by Crippen LogP contribution is 2.36. The summed E-state index contributed by atoms with van der Waals surface area (Å²) in [5.41, 5.74) is 1.55. The van der Waals surface area contributed by atoms with E-state index in [-0.39, 0.29) is 6.29 Å². The Morgan fingerprint density at radius 2 is 2.11 bits per heavy atom. The third kappa shape index (κ3) is 5.54. The number of benzene rings is 1. The van der Waals surface area contributed by atoms with Crippen LogP contribution in [0, 0.1) is 0 Å². The summed E-state index contributed by atoms with van der Waals surface area (Å²) >= 11 is 12.6. The van der Waals surface area contributed by atoms with Crippen molar-refractivity contribution in [3.05, 3.63) is 27.9 Å². The Kier molecular flexibility index (Phi) is 6.76. The molecule has 1 amide bonds. The molecule has 3 rings (SSSR count). The maximum Gasteiger partial charge on any atom is 0.412 e. The third-order valence-corrected chi connectivity index (χ3v) is 5.10. The van der Waals surface area contributed by atoms with Gasteiger partial charge in [-0.15, -0.1) is 0 Å². The van der Waals surface area contributed by atoms with E-state index in [2.05, 4.69) is 10.3 Å². The number of nitrogens with one attached hydrogen (secondary N) is 2. The van der Waals surface area contributed by atoms with Crippen LogP contribution in [0.4, 0.5) is 10.5 Å². The number of carbonyl (C=O) groups is 1. The second-order valence-electron chi connectivity index (χ2n) is 7.85. The van der Waals surface area contributed by atoms with Gasteiger partial charge in [0.2, 0.25) is 0 Å². The van der Waals surface area contributed by atoms with Gasteiger partial charge >= 0.3 is 6.09 Å². The molecule has 1 aliphatic heterocycles. The van der Waals surface area contributed by atoms with E-state index in [1.165, 1.54) is 0 Å². The standard InChI is InChI=1S/C20H26Cl2N2O4/c1-20(2,3)28-19(25)24-15-11-14(21)17(22)18-13(15)10-12(23-18)7-9-27-16-6-4-5-8-26-16/h10-11,16,23H,4-9H2,1-3H3,(H,24,25). The number of hydrogen-bond donors (Lipinski definition) is 2. The van der Waals surface area contributed by atoms with E-state index >= 15 is 0 Å². The number of amides is 1. The molecule has 0 spiro atoms. The topological polar surface area (TPSA) is 72.6 Å². The number of anilines is 1. The molecule has 0 saturated carbocycles. The lowest BCUT2D eigenvalue weighted by atomic mass is 10.2. The van der Waals surface area contributed by atoms with Gasteiger partial charge < -0.3 is 19.2 Å². The first-order chi connectivity index (χ1) is 13.2. The fourth-order valence-corrected chi connectivity index (χ4v) is 3.48. The summed E-state index contributed by atoms with van der Waals surface area (Å²) in [6.45, 7) is 6.70. The van der Waals surface area contributed by atoms with Crippen molar-refractivity contribution in [2.45, 2.75) is 58.3 Å². The Balaban J connectivity index is 1.73. The molecule has 1 aliphatic rings. The molecule has 2 aromatic rings. The van der Waals surface area contributed by atoms with E-state index in [0.29, 0.717) is 34.3 Å². The average Bonchev–Trinajstić information content (AvgIpc) is 3.03. The summed E-state index contributed by atoms with van der Waals surface area (Å²) in [5, 5.41) is 4.28. The Bertz CT molecular complexity index is 839. The van der Waals surface area contributed by atoms with E-state index in [4.69, 9.17) is 37.4 Å². The lowest BCUT2D eigenvalue weighted by Gasteiger charge is -2.22. The minimum Gasteiger partial charge on any atom is -0.444 e. The number of H-pyrrole nitrogens is 1. The first kappa shape index (κ1) is 21.2. The molecule has 1 aromatic heterocycles. The van der Waals surface area contributed by atoms with Crippen molar-refractivity contribution in [2.75, 3.05) is 18.5 Å². The lowest BCUT2D eigenvalue weighted by Crippen LogP contribution is -2.27. The van der Waals surface area contributed by atoms with Gasteiger partial charge in [0.1, 0.15) is 5.60 Å². The molecule has 154 valence electrons. The van der Waals surface area contributed by atoms with E-state index in [1.54, 1.807) is 26.8 Å². The molecule has 28 heavy (non-hydrogen) atoms. The van der Waals surface area contributed by atoms with Crippen LogP contribution in [-0.4, -0.2) is 36.2 Å². The molecule has 1 unspecified atom stereocenters. The van der Waals surface area contributed by atoms with Gasteiger partial charge in [0, 0.05) is 24.1 Å². The van der Waals surface area contributed by atoms with Gasteiger partial charge in [0.25, 0.3) is 0 Å². The molecule has 2 N–H and O–H groups in total. The summed E-state index contributed by atoms with van der Waals surface area (Å²) in [6.07, 6.45) is 3.14. The van der Waals surface area contributed by atoms with Gasteiger partial charge in [-0.05, 0) is 52.2 Å². The van der Waals surface area contributed by atoms with Crippen LogP contribution in [0.5, 0.6) is 0 Å². The molecule has 6 nitrogen and oxygen atoms in total. The second-order valence-corrected chi connectivity index (χ2v) is 8.63. The van der Waals surface area contributed by atoms with Crippen molar-refractivity contribution in [2.24, 2.45) is 0 Å². The highest BCUT2D eigenvalue weighted by Gasteiger charge is 2.20. The van der Waals surface area contributed by atoms with Crippen LogP contribution in [-0.2, 0) is 20.6 Å². The minimum absolute atomic E-state index is 0.124. The molecular formula is C20H26Cl2N2O4. The van der Waals surface area contributed by atoms with Gasteiger partial charge in [0.15, 0.2) is 6.29 Å². The van der Waals surface area contributed by atoms with Gasteiger partial charge in [0.05, 0.1) is 27.9 Å². The van der Waals surface area contributed by atoms with Crippen LogP contribution in [0.1, 0.15) is 45.7 Å². The van der Waals surface area contributed by atoms with Crippen LogP contribution >= 0.6 is 23.2 Å². The van der Waals surface area contributed by atoms with Crippen LogP contribution in [0.25, 0.3) is 10.9 Å². The second kappa shape index (κ2) is 8.91. The number of fused-ring (bicyclic) bond motifs is 1. The van der Waals surface area contributed by atoms with E-state index in [1.807, 2.05) is 6.07 Å². The molecule has 0 radical (unpaired) electrons. The number of rotatable bonds is 5. The molecule has 1 saturated heterocycles. The molecule has 0 aliphatic carbocycles. The first-order valence-corrected chi connectivity index (χ1v) is 10.2. The zero-order valence-electron chi connectivity index (χ0n) is 16.4. The number of aromatic amines is 1. The smallest absolute Gasteiger partial charge is 0.412 e. The maximum atomic E-state index is 12.2. The SMILES string of the molecule is CC(C)(C)OC(=O)Nc1cc(Cl)c(Cl)c2[nH]c(CCOC3CCCCO3)cc12. The summed E-state index contributed by atoms with van der Waals surface area (Å²) < 4.78 is 16.7. The summed E-state index contributed by atoms with van der Waals surface area (Å²) in [4.78, 5) is 15.4. The van der Waals surface area contributed by atoms with Crippen molar-refractivity contribution in [3.8, 4) is 0 Å². The lowest BCUT2D eigenvalue weighted by molar-refractivity contribution is -0.161. The van der Waals surface area contributed by atoms with Crippen LogP contribution in [0.2, 0.25) is 10.0 Å². The molecule has 0 bridgehead atoms. The van der Waals surface area contributed by atoms with Gasteiger partial charge in [-0.25, -0.2) is 4.79 Å². The maximum absolute atomic E-state index is 12.2. The summed E-state index contributed by atoms with van der Waals surface area (Å²) in [7, 11) is 0. The molecule has 1 aromatic carbocycles. The largest absolute Gasteiger partial charge is 0.444 e. The Labute approximate surface area is 174 Å². The monoisotopic (exact) mass is 428 g/mol. The molecule has 1 atom stereocenters. The van der Waals surface area contributed by atoms with E-state index < -0.39 is 11.7 Å². The third-order valence-electron chi connectivity index (χ3n) is 4.31. The summed E-state index contributed by atoms with van der Waals surface area (Å²) in [5.74, 6) is 0. The molecule has 1 fully saturated rings.